The fourth-order valence-electron chi connectivity index (χ4n) is 3.44. The second-order valence-electron chi connectivity index (χ2n) is 7.87. The zero-order chi connectivity index (χ0) is 21.2. The molecule has 164 valence electrons. The smallest absolute Gasteiger partial charge is 0.191 e. The van der Waals surface area contributed by atoms with Crippen LogP contribution in [0.1, 0.15) is 46.3 Å². The molecule has 3 atom stereocenters. The number of ether oxygens (including phenoxy) is 2. The lowest BCUT2D eigenvalue weighted by molar-refractivity contribution is -0.0165. The van der Waals surface area contributed by atoms with E-state index < -0.39 is 6.10 Å². The predicted molar refractivity (Wildman–Crippen MR) is 118 cm³/mol. The minimum atomic E-state index is -0.647. The van der Waals surface area contributed by atoms with Crippen LogP contribution in [0.2, 0.25) is 0 Å². The molecule has 1 aliphatic heterocycles. The van der Waals surface area contributed by atoms with Crippen molar-refractivity contribution in [1.29, 1.82) is 0 Å². The van der Waals surface area contributed by atoms with E-state index in [-0.39, 0.29) is 6.10 Å². The van der Waals surface area contributed by atoms with Gasteiger partial charge in [0.05, 0.1) is 32.0 Å². The molecule has 1 aromatic rings. The van der Waals surface area contributed by atoms with Gasteiger partial charge in [-0.05, 0) is 52.3 Å². The molecule has 29 heavy (non-hydrogen) atoms. The van der Waals surface area contributed by atoms with Crippen LogP contribution in [0, 0.1) is 0 Å². The summed E-state index contributed by atoms with van der Waals surface area (Å²) >= 11 is 0. The van der Waals surface area contributed by atoms with E-state index in [9.17, 15) is 5.11 Å². The van der Waals surface area contributed by atoms with Gasteiger partial charge >= 0.3 is 0 Å². The minimum absolute atomic E-state index is 0.101. The summed E-state index contributed by atoms with van der Waals surface area (Å²) in [5.41, 5.74) is 0.821. The molecule has 0 bridgehead atoms. The molecule has 0 aliphatic carbocycles. The lowest BCUT2D eigenvalue weighted by atomic mass is 10.1. The van der Waals surface area contributed by atoms with E-state index in [1.807, 2.05) is 45.0 Å². The highest BCUT2D eigenvalue weighted by atomic mass is 16.5. The average molecular weight is 407 g/mol. The Morgan fingerprint density at radius 1 is 1.34 bits per heavy atom. The van der Waals surface area contributed by atoms with E-state index in [0.717, 1.165) is 37.6 Å². The third kappa shape index (κ3) is 7.84. The molecule has 1 heterocycles. The van der Waals surface area contributed by atoms with Crippen molar-refractivity contribution >= 4 is 5.96 Å². The molecule has 1 saturated heterocycles. The summed E-state index contributed by atoms with van der Waals surface area (Å²) in [5, 5.41) is 17.1. The van der Waals surface area contributed by atoms with Crippen LogP contribution >= 0.6 is 0 Å². The zero-order valence-corrected chi connectivity index (χ0v) is 18.5. The number of aliphatic imine (C=N–C) groups is 1. The Morgan fingerprint density at radius 2 is 2.14 bits per heavy atom. The number of aliphatic hydroxyl groups excluding tert-OH is 1. The molecule has 3 N–H and O–H groups in total. The van der Waals surface area contributed by atoms with Crippen LogP contribution < -0.4 is 15.4 Å². The lowest BCUT2D eigenvalue weighted by Crippen LogP contribution is -2.49. The Bertz CT molecular complexity index is 638. The quantitative estimate of drug-likeness (QED) is 0.431. The first-order valence-corrected chi connectivity index (χ1v) is 10.7. The number of nitrogens with one attached hydrogen (secondary N) is 2. The summed E-state index contributed by atoms with van der Waals surface area (Å²) in [6.07, 6.45) is -0.546. The molecule has 0 aromatic heterocycles. The van der Waals surface area contributed by atoms with Gasteiger partial charge in [-0.1, -0.05) is 12.1 Å². The van der Waals surface area contributed by atoms with Gasteiger partial charge in [0.25, 0.3) is 0 Å². The molecule has 7 heteroatoms. The van der Waals surface area contributed by atoms with Gasteiger partial charge in [0.2, 0.25) is 0 Å². The Labute approximate surface area is 175 Å². The lowest BCUT2D eigenvalue weighted by Gasteiger charge is -2.37. The highest BCUT2D eigenvalue weighted by Crippen LogP contribution is 2.20. The molecular weight excluding hydrogens is 368 g/mol. The van der Waals surface area contributed by atoms with E-state index in [2.05, 4.69) is 29.4 Å². The first-order chi connectivity index (χ1) is 13.9. The number of nitrogens with zero attached hydrogens (tertiary/aromatic N) is 2. The Hall–Kier alpha value is -1.83. The van der Waals surface area contributed by atoms with Gasteiger partial charge in [-0.2, -0.15) is 0 Å². The zero-order valence-electron chi connectivity index (χ0n) is 18.5. The normalized spacial score (nSPS) is 20.4. The third-order valence-electron chi connectivity index (χ3n) is 4.92. The first-order valence-electron chi connectivity index (χ1n) is 10.7. The number of morpholine rings is 1. The number of hydrogen-bond acceptors (Lipinski definition) is 5. The van der Waals surface area contributed by atoms with Gasteiger partial charge in [-0.25, -0.2) is 0 Å². The Morgan fingerprint density at radius 3 is 2.83 bits per heavy atom. The number of guanidine groups is 1. The Balaban J connectivity index is 1.91. The van der Waals surface area contributed by atoms with E-state index >= 15 is 0 Å². The molecule has 0 amide bonds. The summed E-state index contributed by atoms with van der Waals surface area (Å²) < 4.78 is 11.2. The van der Waals surface area contributed by atoms with Crippen molar-refractivity contribution in [3.8, 4) is 5.75 Å². The number of rotatable bonds is 9. The SMILES string of the molecule is CCNC(=NCC(C)N1CCOCC1C)NCC(O)c1cccc(OC(C)C)c1. The maximum Gasteiger partial charge on any atom is 0.191 e. The van der Waals surface area contributed by atoms with Gasteiger partial charge in [0.15, 0.2) is 5.96 Å². The maximum absolute atomic E-state index is 10.6. The molecule has 1 fully saturated rings. The summed E-state index contributed by atoms with van der Waals surface area (Å²) in [6, 6.07) is 8.35. The molecule has 7 nitrogen and oxygen atoms in total. The fourth-order valence-corrected chi connectivity index (χ4v) is 3.44. The standard InChI is InChI=1S/C22H38N4O3/c1-6-23-22(24-13-17(4)26-10-11-28-15-18(26)5)25-14-21(27)19-8-7-9-20(12-19)29-16(2)3/h7-9,12,16-18,21,27H,6,10-11,13-15H2,1-5H3,(H2,23,24,25). The van der Waals surface area contributed by atoms with Crippen LogP contribution in [-0.4, -0.2) is 73.5 Å². The second-order valence-corrected chi connectivity index (χ2v) is 7.87. The van der Waals surface area contributed by atoms with Crippen molar-refractivity contribution in [3.05, 3.63) is 29.8 Å². The largest absolute Gasteiger partial charge is 0.491 e. The third-order valence-corrected chi connectivity index (χ3v) is 4.92. The molecule has 0 radical (unpaired) electrons. The second kappa shape index (κ2) is 12.0. The van der Waals surface area contributed by atoms with Crippen molar-refractivity contribution < 1.29 is 14.6 Å². The van der Waals surface area contributed by atoms with Crippen LogP contribution in [0.25, 0.3) is 0 Å². The highest BCUT2D eigenvalue weighted by molar-refractivity contribution is 5.79. The molecule has 1 aromatic carbocycles. The number of aliphatic hydroxyl groups is 1. The summed E-state index contributed by atoms with van der Waals surface area (Å²) in [5.74, 6) is 1.49. The summed E-state index contributed by atoms with van der Waals surface area (Å²) in [4.78, 5) is 7.16. The van der Waals surface area contributed by atoms with Crippen molar-refractivity contribution in [1.82, 2.24) is 15.5 Å². The van der Waals surface area contributed by atoms with Crippen LogP contribution in [0.3, 0.4) is 0 Å². The highest BCUT2D eigenvalue weighted by Gasteiger charge is 2.23. The van der Waals surface area contributed by atoms with Crippen LogP contribution in [-0.2, 0) is 4.74 Å². The van der Waals surface area contributed by atoms with Gasteiger partial charge < -0.3 is 25.2 Å². The number of benzene rings is 1. The fraction of sp³-hybridized carbons (Fsp3) is 0.682. The summed E-state index contributed by atoms with van der Waals surface area (Å²) in [6.45, 7) is 14.7. The Kier molecular flexibility index (Phi) is 9.70. The molecule has 3 unspecified atom stereocenters. The topological polar surface area (TPSA) is 78.4 Å². The first kappa shape index (κ1) is 23.4. The van der Waals surface area contributed by atoms with Crippen molar-refractivity contribution in [2.45, 2.75) is 58.9 Å². The van der Waals surface area contributed by atoms with Gasteiger partial charge in [0.1, 0.15) is 5.75 Å². The average Bonchev–Trinajstić information content (AvgIpc) is 2.69. The van der Waals surface area contributed by atoms with E-state index in [4.69, 9.17) is 14.5 Å². The minimum Gasteiger partial charge on any atom is -0.491 e. The predicted octanol–water partition coefficient (Wildman–Crippen LogP) is 2.17. The van der Waals surface area contributed by atoms with Crippen molar-refractivity contribution in [2.75, 3.05) is 39.4 Å². The van der Waals surface area contributed by atoms with E-state index in [1.54, 1.807) is 0 Å². The van der Waals surface area contributed by atoms with Crippen LogP contribution in [0.15, 0.2) is 29.3 Å². The van der Waals surface area contributed by atoms with Gasteiger partial charge in [-0.3, -0.25) is 9.89 Å². The molecular formula is C22H38N4O3. The molecule has 0 saturated carbocycles. The monoisotopic (exact) mass is 406 g/mol. The van der Waals surface area contributed by atoms with Crippen molar-refractivity contribution in [3.63, 3.8) is 0 Å². The molecule has 0 spiro atoms. The van der Waals surface area contributed by atoms with Gasteiger partial charge in [-0.15, -0.1) is 0 Å². The van der Waals surface area contributed by atoms with Crippen molar-refractivity contribution in [2.24, 2.45) is 4.99 Å². The molecule has 2 rings (SSSR count). The number of hydrogen-bond donors (Lipinski definition) is 3. The van der Waals surface area contributed by atoms with E-state index in [1.165, 1.54) is 0 Å². The summed E-state index contributed by atoms with van der Waals surface area (Å²) in [7, 11) is 0. The van der Waals surface area contributed by atoms with Crippen LogP contribution in [0.5, 0.6) is 5.75 Å². The maximum atomic E-state index is 10.6. The van der Waals surface area contributed by atoms with Crippen LogP contribution in [0.4, 0.5) is 0 Å². The van der Waals surface area contributed by atoms with E-state index in [0.29, 0.717) is 31.1 Å². The molecule has 1 aliphatic rings. The van der Waals surface area contributed by atoms with Gasteiger partial charge in [0, 0.05) is 31.7 Å².